The summed E-state index contributed by atoms with van der Waals surface area (Å²) < 4.78 is 0. The molecule has 1 amide bonds. The van der Waals surface area contributed by atoms with E-state index in [0.717, 1.165) is 30.5 Å². The number of carbonyl (C=O) groups excluding carboxylic acids is 1. The predicted octanol–water partition coefficient (Wildman–Crippen LogP) is 2.91. The Hall–Kier alpha value is 0.300. The summed E-state index contributed by atoms with van der Waals surface area (Å²) in [6.45, 7) is 0.954. The summed E-state index contributed by atoms with van der Waals surface area (Å²) in [5, 5.41) is 1.00. The van der Waals surface area contributed by atoms with Gasteiger partial charge >= 0.3 is 0 Å². The van der Waals surface area contributed by atoms with Crippen LogP contribution in [0.5, 0.6) is 0 Å². The van der Waals surface area contributed by atoms with Gasteiger partial charge in [0.15, 0.2) is 0 Å². The van der Waals surface area contributed by atoms with Gasteiger partial charge in [0, 0.05) is 29.6 Å². The molecule has 1 saturated heterocycles. The third-order valence-electron chi connectivity index (χ3n) is 3.61. The monoisotopic (exact) mass is 305 g/mol. The van der Waals surface area contributed by atoms with E-state index >= 15 is 0 Å². The molecule has 0 spiro atoms. The lowest BCUT2D eigenvalue weighted by Crippen LogP contribution is -2.47. The van der Waals surface area contributed by atoms with Crippen molar-refractivity contribution in [2.75, 3.05) is 23.4 Å². The highest BCUT2D eigenvalue weighted by molar-refractivity contribution is 9.09. The first-order chi connectivity index (χ1) is 7.83. The summed E-state index contributed by atoms with van der Waals surface area (Å²) in [6, 6.07) is 0.567. The lowest BCUT2D eigenvalue weighted by Gasteiger charge is -2.39. The number of carbonyl (C=O) groups is 1. The molecule has 0 aromatic carbocycles. The number of hydrogen-bond donors (Lipinski definition) is 0. The minimum absolute atomic E-state index is 0.320. The largest absolute Gasteiger partial charge is 0.339 e. The second-order valence-electron chi connectivity index (χ2n) is 4.72. The Morgan fingerprint density at radius 3 is 2.69 bits per heavy atom. The molecule has 2 rings (SSSR count). The van der Waals surface area contributed by atoms with Gasteiger partial charge in [0.05, 0.1) is 0 Å². The molecule has 1 heterocycles. The van der Waals surface area contributed by atoms with Crippen LogP contribution in [-0.2, 0) is 4.79 Å². The standard InChI is InChI=1S/C12H20BrNOS/c13-6-2-7-14(11-3-1-4-11)12(15)10-5-8-16-9-10/h10-11H,1-9H2. The van der Waals surface area contributed by atoms with Gasteiger partial charge in [-0.2, -0.15) is 11.8 Å². The molecule has 1 unspecified atom stereocenters. The molecule has 0 aromatic rings. The van der Waals surface area contributed by atoms with E-state index in [0.29, 0.717) is 17.9 Å². The highest BCUT2D eigenvalue weighted by atomic mass is 79.9. The molecule has 0 aromatic heterocycles. The minimum atomic E-state index is 0.320. The van der Waals surface area contributed by atoms with Crippen LogP contribution in [-0.4, -0.2) is 40.2 Å². The highest BCUT2D eigenvalue weighted by Crippen LogP contribution is 2.30. The third-order valence-corrected chi connectivity index (χ3v) is 5.33. The average molecular weight is 306 g/mol. The van der Waals surface area contributed by atoms with E-state index in [-0.39, 0.29) is 0 Å². The zero-order valence-electron chi connectivity index (χ0n) is 9.66. The van der Waals surface area contributed by atoms with Gasteiger partial charge in [0.25, 0.3) is 0 Å². The minimum Gasteiger partial charge on any atom is -0.339 e. The van der Waals surface area contributed by atoms with Gasteiger partial charge < -0.3 is 4.90 Å². The van der Waals surface area contributed by atoms with E-state index in [2.05, 4.69) is 20.8 Å². The molecule has 1 aliphatic carbocycles. The molecule has 2 nitrogen and oxygen atoms in total. The second-order valence-corrected chi connectivity index (χ2v) is 6.66. The van der Waals surface area contributed by atoms with Gasteiger partial charge in [-0.1, -0.05) is 15.9 Å². The van der Waals surface area contributed by atoms with Crippen LogP contribution in [0.25, 0.3) is 0 Å². The Labute approximate surface area is 111 Å². The van der Waals surface area contributed by atoms with E-state index in [9.17, 15) is 4.79 Å². The Balaban J connectivity index is 1.90. The maximum Gasteiger partial charge on any atom is 0.226 e. The summed E-state index contributed by atoms with van der Waals surface area (Å²) in [5.41, 5.74) is 0. The molecular formula is C12H20BrNOS. The summed E-state index contributed by atoms with van der Waals surface area (Å²) in [4.78, 5) is 14.6. The average Bonchev–Trinajstić information content (AvgIpc) is 2.73. The summed E-state index contributed by atoms with van der Waals surface area (Å²) in [7, 11) is 0. The first-order valence-corrected chi connectivity index (χ1v) is 8.54. The smallest absolute Gasteiger partial charge is 0.226 e. The van der Waals surface area contributed by atoms with Crippen molar-refractivity contribution < 1.29 is 4.79 Å². The fourth-order valence-corrected chi connectivity index (χ4v) is 3.83. The van der Waals surface area contributed by atoms with E-state index in [1.807, 2.05) is 11.8 Å². The predicted molar refractivity (Wildman–Crippen MR) is 73.2 cm³/mol. The number of thioether (sulfide) groups is 1. The molecule has 2 aliphatic rings. The maximum absolute atomic E-state index is 12.4. The second kappa shape index (κ2) is 6.29. The van der Waals surface area contributed by atoms with Gasteiger partial charge in [-0.05, 0) is 37.9 Å². The molecule has 0 bridgehead atoms. The first-order valence-electron chi connectivity index (χ1n) is 6.27. The van der Waals surface area contributed by atoms with Crippen molar-refractivity contribution in [3.8, 4) is 0 Å². The third kappa shape index (κ3) is 2.95. The van der Waals surface area contributed by atoms with E-state index in [1.165, 1.54) is 25.0 Å². The Morgan fingerprint density at radius 1 is 1.38 bits per heavy atom. The van der Waals surface area contributed by atoms with E-state index in [1.54, 1.807) is 0 Å². The fraction of sp³-hybridized carbons (Fsp3) is 0.917. The normalized spacial score (nSPS) is 25.4. The lowest BCUT2D eigenvalue weighted by molar-refractivity contribution is -0.138. The van der Waals surface area contributed by atoms with Gasteiger partial charge in [-0.25, -0.2) is 0 Å². The van der Waals surface area contributed by atoms with Crippen LogP contribution >= 0.6 is 27.7 Å². The Bertz CT molecular complexity index is 239. The fourth-order valence-electron chi connectivity index (χ4n) is 2.36. The number of amides is 1. The van der Waals surface area contributed by atoms with Crippen molar-refractivity contribution in [3.63, 3.8) is 0 Å². The van der Waals surface area contributed by atoms with Crippen molar-refractivity contribution >= 4 is 33.6 Å². The number of hydrogen-bond acceptors (Lipinski definition) is 2. The van der Waals surface area contributed by atoms with Crippen LogP contribution in [0.4, 0.5) is 0 Å². The van der Waals surface area contributed by atoms with Crippen LogP contribution in [0, 0.1) is 5.92 Å². The molecule has 92 valence electrons. The molecule has 0 radical (unpaired) electrons. The number of nitrogens with zero attached hydrogens (tertiary/aromatic N) is 1. The van der Waals surface area contributed by atoms with Gasteiger partial charge in [-0.3, -0.25) is 4.79 Å². The van der Waals surface area contributed by atoms with Crippen molar-refractivity contribution in [1.29, 1.82) is 0 Å². The van der Waals surface area contributed by atoms with Gasteiger partial charge in [-0.15, -0.1) is 0 Å². The van der Waals surface area contributed by atoms with Crippen molar-refractivity contribution in [2.24, 2.45) is 5.92 Å². The van der Waals surface area contributed by atoms with Crippen molar-refractivity contribution in [2.45, 2.75) is 38.1 Å². The van der Waals surface area contributed by atoms with Gasteiger partial charge in [0.1, 0.15) is 0 Å². The topological polar surface area (TPSA) is 20.3 Å². The molecule has 0 N–H and O–H groups in total. The maximum atomic E-state index is 12.4. The molecule has 4 heteroatoms. The van der Waals surface area contributed by atoms with Crippen molar-refractivity contribution in [1.82, 2.24) is 4.90 Å². The molecule has 1 saturated carbocycles. The summed E-state index contributed by atoms with van der Waals surface area (Å²) in [6.07, 6.45) is 5.95. The van der Waals surface area contributed by atoms with Crippen LogP contribution in [0.1, 0.15) is 32.1 Å². The van der Waals surface area contributed by atoms with Crippen molar-refractivity contribution in [3.05, 3.63) is 0 Å². The Morgan fingerprint density at radius 2 is 2.19 bits per heavy atom. The summed E-state index contributed by atoms with van der Waals surface area (Å²) in [5.74, 6) is 2.99. The molecule has 2 fully saturated rings. The quantitative estimate of drug-likeness (QED) is 0.728. The SMILES string of the molecule is O=C(C1CCSC1)N(CCCBr)C1CCC1. The van der Waals surface area contributed by atoms with Crippen LogP contribution < -0.4 is 0 Å². The van der Waals surface area contributed by atoms with Crippen LogP contribution in [0.2, 0.25) is 0 Å². The molecular weight excluding hydrogens is 286 g/mol. The molecule has 1 aliphatic heterocycles. The summed E-state index contributed by atoms with van der Waals surface area (Å²) >= 11 is 5.39. The van der Waals surface area contributed by atoms with E-state index < -0.39 is 0 Å². The highest BCUT2D eigenvalue weighted by Gasteiger charge is 2.33. The molecule has 16 heavy (non-hydrogen) atoms. The number of alkyl halides is 1. The van der Waals surface area contributed by atoms with E-state index in [4.69, 9.17) is 0 Å². The Kier molecular flexibility index (Phi) is 5.01. The lowest BCUT2D eigenvalue weighted by atomic mass is 9.90. The first kappa shape index (κ1) is 12.7. The van der Waals surface area contributed by atoms with Gasteiger partial charge in [0.2, 0.25) is 5.91 Å². The zero-order chi connectivity index (χ0) is 11.4. The van der Waals surface area contributed by atoms with Crippen LogP contribution in [0.3, 0.4) is 0 Å². The molecule has 1 atom stereocenters. The number of rotatable bonds is 5. The van der Waals surface area contributed by atoms with Crippen LogP contribution in [0.15, 0.2) is 0 Å². The number of halogens is 1. The zero-order valence-corrected chi connectivity index (χ0v) is 12.1.